The Balaban J connectivity index is 1.56. The van der Waals surface area contributed by atoms with Gasteiger partial charge < -0.3 is 9.40 Å². The first-order valence-corrected chi connectivity index (χ1v) is 9.84. The number of H-pyrrole nitrogens is 1. The lowest BCUT2D eigenvalue weighted by Crippen LogP contribution is -2.10. The molecule has 0 atom stereocenters. The number of aryl methyl sites for hydroxylation is 3. The second kappa shape index (κ2) is 6.69. The zero-order valence-electron chi connectivity index (χ0n) is 14.5. The number of thioether (sulfide) groups is 1. The second-order valence-electron chi connectivity index (χ2n) is 5.95. The maximum absolute atomic E-state index is 12.3. The molecule has 8 heteroatoms. The fourth-order valence-corrected chi connectivity index (χ4v) is 4.37. The van der Waals surface area contributed by atoms with Crippen molar-refractivity contribution in [2.24, 2.45) is 0 Å². The highest BCUT2D eigenvalue weighted by Crippen LogP contribution is 2.28. The van der Waals surface area contributed by atoms with Crippen LogP contribution in [0.25, 0.3) is 21.7 Å². The van der Waals surface area contributed by atoms with Crippen molar-refractivity contribution in [3.05, 3.63) is 56.4 Å². The van der Waals surface area contributed by atoms with Gasteiger partial charge >= 0.3 is 0 Å². The van der Waals surface area contributed by atoms with E-state index in [4.69, 9.17) is 4.42 Å². The molecular formula is C18H16N4O2S2. The van der Waals surface area contributed by atoms with Crippen molar-refractivity contribution in [1.82, 2.24) is 20.2 Å². The third kappa shape index (κ3) is 3.06. The molecule has 4 aromatic rings. The lowest BCUT2D eigenvalue weighted by molar-refractivity contribution is 0.465. The van der Waals surface area contributed by atoms with Crippen molar-refractivity contribution >= 4 is 33.3 Å². The van der Waals surface area contributed by atoms with Crippen LogP contribution in [0.3, 0.4) is 0 Å². The number of nitrogens with one attached hydrogen (secondary N) is 1. The zero-order valence-corrected chi connectivity index (χ0v) is 16.1. The Kier molecular flexibility index (Phi) is 4.37. The first kappa shape index (κ1) is 17.0. The largest absolute Gasteiger partial charge is 0.411 e. The molecule has 0 radical (unpaired) electrons. The van der Waals surface area contributed by atoms with Gasteiger partial charge in [-0.3, -0.25) is 4.79 Å². The molecule has 0 aliphatic rings. The summed E-state index contributed by atoms with van der Waals surface area (Å²) >= 11 is 2.89. The van der Waals surface area contributed by atoms with E-state index in [0.717, 1.165) is 26.4 Å². The normalized spacial score (nSPS) is 11.3. The third-order valence-corrected chi connectivity index (χ3v) is 6.13. The Morgan fingerprint density at radius 1 is 1.19 bits per heavy atom. The second-order valence-corrected chi connectivity index (χ2v) is 8.08. The van der Waals surface area contributed by atoms with Crippen molar-refractivity contribution in [3.63, 3.8) is 0 Å². The molecule has 0 saturated carbocycles. The number of hydrogen-bond acceptors (Lipinski definition) is 7. The fraction of sp³-hybridized carbons (Fsp3) is 0.222. The van der Waals surface area contributed by atoms with Gasteiger partial charge in [0.15, 0.2) is 0 Å². The van der Waals surface area contributed by atoms with Gasteiger partial charge in [0.2, 0.25) is 5.89 Å². The molecule has 0 aliphatic carbocycles. The van der Waals surface area contributed by atoms with Crippen LogP contribution in [0.5, 0.6) is 0 Å². The molecule has 26 heavy (non-hydrogen) atoms. The van der Waals surface area contributed by atoms with Crippen LogP contribution in [0.1, 0.15) is 21.8 Å². The summed E-state index contributed by atoms with van der Waals surface area (Å²) in [6.45, 7) is 5.95. The predicted octanol–water partition coefficient (Wildman–Crippen LogP) is 4.25. The summed E-state index contributed by atoms with van der Waals surface area (Å²) in [5.41, 5.74) is 2.90. The smallest absolute Gasteiger partial charge is 0.277 e. The van der Waals surface area contributed by atoms with Gasteiger partial charge in [-0.05, 0) is 38.0 Å². The Morgan fingerprint density at radius 3 is 2.81 bits per heavy atom. The zero-order chi connectivity index (χ0) is 18.3. The van der Waals surface area contributed by atoms with Gasteiger partial charge in [-0.2, -0.15) is 0 Å². The molecule has 0 amide bonds. The number of aromatic nitrogens is 4. The molecule has 0 spiro atoms. The summed E-state index contributed by atoms with van der Waals surface area (Å²) in [6.07, 6.45) is 0. The molecule has 0 fully saturated rings. The third-order valence-electron chi connectivity index (χ3n) is 4.20. The number of aromatic amines is 1. The Labute approximate surface area is 157 Å². The van der Waals surface area contributed by atoms with E-state index in [1.807, 2.05) is 45.0 Å². The molecule has 1 N–H and O–H groups in total. The highest BCUT2D eigenvalue weighted by molar-refractivity contribution is 7.98. The molecule has 0 saturated heterocycles. The highest BCUT2D eigenvalue weighted by Gasteiger charge is 2.14. The van der Waals surface area contributed by atoms with Gasteiger partial charge in [-0.25, -0.2) is 4.98 Å². The van der Waals surface area contributed by atoms with E-state index in [0.29, 0.717) is 28.1 Å². The minimum absolute atomic E-state index is 0.0985. The fourth-order valence-electron chi connectivity index (χ4n) is 2.69. The summed E-state index contributed by atoms with van der Waals surface area (Å²) in [4.78, 5) is 21.6. The predicted molar refractivity (Wildman–Crippen MR) is 104 cm³/mol. The molecular weight excluding hydrogens is 368 g/mol. The Morgan fingerprint density at radius 2 is 2.00 bits per heavy atom. The van der Waals surface area contributed by atoms with Crippen LogP contribution in [0, 0.1) is 20.8 Å². The summed E-state index contributed by atoms with van der Waals surface area (Å²) in [5.74, 6) is 1.55. The lowest BCUT2D eigenvalue weighted by Gasteiger charge is -2.00. The summed E-state index contributed by atoms with van der Waals surface area (Å²) < 4.78 is 5.74. The van der Waals surface area contributed by atoms with Gasteiger partial charge in [0, 0.05) is 10.4 Å². The number of hydrogen-bond donors (Lipinski definition) is 1. The van der Waals surface area contributed by atoms with Crippen LogP contribution < -0.4 is 5.56 Å². The summed E-state index contributed by atoms with van der Waals surface area (Å²) in [7, 11) is 0. The summed E-state index contributed by atoms with van der Waals surface area (Å²) in [5, 5.41) is 9.33. The van der Waals surface area contributed by atoms with Crippen LogP contribution in [-0.4, -0.2) is 20.2 Å². The van der Waals surface area contributed by atoms with Crippen LogP contribution in [0.15, 0.2) is 38.7 Å². The molecule has 0 unspecified atom stereocenters. The van der Waals surface area contributed by atoms with Crippen molar-refractivity contribution in [1.29, 1.82) is 0 Å². The minimum Gasteiger partial charge on any atom is -0.411 e. The maximum Gasteiger partial charge on any atom is 0.277 e. The van der Waals surface area contributed by atoms with Crippen molar-refractivity contribution in [2.75, 3.05) is 0 Å². The van der Waals surface area contributed by atoms with Gasteiger partial charge in [0.1, 0.15) is 10.7 Å². The first-order valence-electron chi connectivity index (χ1n) is 8.04. The molecule has 0 aliphatic heterocycles. The van der Waals surface area contributed by atoms with E-state index in [1.54, 1.807) is 0 Å². The monoisotopic (exact) mass is 384 g/mol. The molecule has 3 aromatic heterocycles. The van der Waals surface area contributed by atoms with Crippen molar-refractivity contribution in [3.8, 4) is 11.5 Å². The topological polar surface area (TPSA) is 84.7 Å². The van der Waals surface area contributed by atoms with E-state index < -0.39 is 0 Å². The number of rotatable bonds is 4. The molecule has 4 rings (SSSR count). The lowest BCUT2D eigenvalue weighted by atomic mass is 10.1. The molecule has 0 bridgehead atoms. The van der Waals surface area contributed by atoms with Crippen LogP contribution in [0.4, 0.5) is 0 Å². The summed E-state index contributed by atoms with van der Waals surface area (Å²) in [6, 6.07) is 7.86. The molecule has 132 valence electrons. The SMILES string of the molecule is Cc1ccccc1-c1nnc(SCc2nc3sc(C)c(C)c3c(=O)[nH]2)o1. The molecule has 6 nitrogen and oxygen atoms in total. The average molecular weight is 384 g/mol. The van der Waals surface area contributed by atoms with E-state index in [9.17, 15) is 4.79 Å². The van der Waals surface area contributed by atoms with Gasteiger partial charge in [-0.15, -0.1) is 21.5 Å². The van der Waals surface area contributed by atoms with Gasteiger partial charge in [0.05, 0.1) is 11.1 Å². The quantitative estimate of drug-likeness (QED) is 0.530. The number of thiophene rings is 1. The van der Waals surface area contributed by atoms with Crippen molar-refractivity contribution in [2.45, 2.75) is 31.7 Å². The van der Waals surface area contributed by atoms with Gasteiger partial charge in [0.25, 0.3) is 10.8 Å². The Hall–Kier alpha value is -2.45. The van der Waals surface area contributed by atoms with E-state index >= 15 is 0 Å². The average Bonchev–Trinajstić information content (AvgIpc) is 3.19. The molecule has 3 heterocycles. The number of fused-ring (bicyclic) bond motifs is 1. The number of benzene rings is 1. The first-order chi connectivity index (χ1) is 12.5. The highest BCUT2D eigenvalue weighted by atomic mass is 32.2. The standard InChI is InChI=1S/C18H16N4O2S2/c1-9-6-4-5-7-12(9)16-21-22-18(24-16)25-8-13-19-15(23)14-10(2)11(3)26-17(14)20-13/h4-7H,8H2,1-3H3,(H,19,20,23). The Bertz CT molecular complexity index is 1160. The van der Waals surface area contributed by atoms with E-state index in [2.05, 4.69) is 20.2 Å². The minimum atomic E-state index is -0.0985. The van der Waals surface area contributed by atoms with Crippen molar-refractivity contribution < 1.29 is 4.42 Å². The van der Waals surface area contributed by atoms with Crippen LogP contribution in [0.2, 0.25) is 0 Å². The van der Waals surface area contributed by atoms with E-state index in [1.165, 1.54) is 23.1 Å². The van der Waals surface area contributed by atoms with Crippen LogP contribution in [-0.2, 0) is 5.75 Å². The van der Waals surface area contributed by atoms with Crippen LogP contribution >= 0.6 is 23.1 Å². The molecule has 1 aromatic carbocycles. The number of nitrogens with zero attached hydrogens (tertiary/aromatic N) is 3. The maximum atomic E-state index is 12.3. The van der Waals surface area contributed by atoms with E-state index in [-0.39, 0.29) is 5.56 Å². The van der Waals surface area contributed by atoms with Gasteiger partial charge in [-0.1, -0.05) is 30.0 Å².